The van der Waals surface area contributed by atoms with Crippen LogP contribution >= 0.6 is 0 Å². The van der Waals surface area contributed by atoms with Crippen LogP contribution in [0.2, 0.25) is 0 Å². The molecule has 4 heteroatoms. The van der Waals surface area contributed by atoms with Gasteiger partial charge in [0.25, 0.3) is 5.91 Å². The molecule has 1 fully saturated rings. The van der Waals surface area contributed by atoms with E-state index in [0.717, 1.165) is 25.9 Å². The summed E-state index contributed by atoms with van der Waals surface area (Å²) in [6, 6.07) is 1.75. The number of hydrogen-bond acceptors (Lipinski definition) is 2. The van der Waals surface area contributed by atoms with Gasteiger partial charge in [-0.25, -0.2) is 0 Å². The number of anilines is 1. The maximum Gasteiger partial charge on any atom is 0.270 e. The summed E-state index contributed by atoms with van der Waals surface area (Å²) < 4.78 is 1.80. The molecule has 17 heavy (non-hydrogen) atoms. The highest BCUT2D eigenvalue weighted by atomic mass is 16.2. The van der Waals surface area contributed by atoms with Crippen molar-refractivity contribution in [3.63, 3.8) is 0 Å². The highest BCUT2D eigenvalue weighted by Crippen LogP contribution is 2.30. The number of rotatable bonds is 1. The summed E-state index contributed by atoms with van der Waals surface area (Å²) in [6.45, 7) is 6.21. The van der Waals surface area contributed by atoms with Crippen molar-refractivity contribution in [2.24, 2.45) is 12.5 Å². The molecule has 94 valence electrons. The summed E-state index contributed by atoms with van der Waals surface area (Å²) in [6.07, 6.45) is 3.92. The molecule has 0 bridgehead atoms. The number of aromatic nitrogens is 1. The Morgan fingerprint density at radius 1 is 1.35 bits per heavy atom. The Kier molecular flexibility index (Phi) is 2.89. The monoisotopic (exact) mass is 235 g/mol. The molecular formula is C13H21N3O. The first-order valence-electron chi connectivity index (χ1n) is 6.10. The third-order valence-corrected chi connectivity index (χ3v) is 3.65. The SMILES string of the molecule is Cn1cc(N)cc1C(=O)N1CCC(C)(C)CC1. The third-order valence-electron chi connectivity index (χ3n) is 3.65. The van der Waals surface area contributed by atoms with E-state index in [4.69, 9.17) is 5.73 Å². The van der Waals surface area contributed by atoms with Gasteiger partial charge in [0.2, 0.25) is 0 Å². The second kappa shape index (κ2) is 4.09. The number of piperidine rings is 1. The molecule has 2 rings (SSSR count). The number of carbonyl (C=O) groups excluding carboxylic acids is 1. The lowest BCUT2D eigenvalue weighted by molar-refractivity contribution is 0.0621. The van der Waals surface area contributed by atoms with Crippen molar-refractivity contribution in [2.75, 3.05) is 18.8 Å². The lowest BCUT2D eigenvalue weighted by atomic mass is 9.82. The molecule has 1 amide bonds. The van der Waals surface area contributed by atoms with E-state index in [2.05, 4.69) is 13.8 Å². The molecule has 1 aromatic heterocycles. The van der Waals surface area contributed by atoms with Crippen LogP contribution in [0.15, 0.2) is 12.3 Å². The lowest BCUT2D eigenvalue weighted by Gasteiger charge is -2.36. The largest absolute Gasteiger partial charge is 0.397 e. The Morgan fingerprint density at radius 2 is 1.94 bits per heavy atom. The minimum absolute atomic E-state index is 0.0969. The van der Waals surface area contributed by atoms with Crippen molar-refractivity contribution in [1.29, 1.82) is 0 Å². The number of amides is 1. The van der Waals surface area contributed by atoms with E-state index < -0.39 is 0 Å². The summed E-state index contributed by atoms with van der Waals surface area (Å²) in [5.74, 6) is 0.0969. The Labute approximate surface area is 102 Å². The van der Waals surface area contributed by atoms with Gasteiger partial charge in [-0.05, 0) is 24.3 Å². The maximum atomic E-state index is 12.3. The highest BCUT2D eigenvalue weighted by Gasteiger charge is 2.29. The first kappa shape index (κ1) is 12.0. The quantitative estimate of drug-likeness (QED) is 0.808. The fourth-order valence-electron chi connectivity index (χ4n) is 2.28. The van der Waals surface area contributed by atoms with Crippen LogP contribution in [0.4, 0.5) is 5.69 Å². The number of nitrogen functional groups attached to an aromatic ring is 1. The van der Waals surface area contributed by atoms with Crippen LogP contribution in [-0.2, 0) is 7.05 Å². The van der Waals surface area contributed by atoms with Gasteiger partial charge < -0.3 is 15.2 Å². The highest BCUT2D eigenvalue weighted by molar-refractivity contribution is 5.93. The van der Waals surface area contributed by atoms with Gasteiger partial charge in [0.05, 0.1) is 5.69 Å². The minimum atomic E-state index is 0.0969. The van der Waals surface area contributed by atoms with Crippen LogP contribution in [0.3, 0.4) is 0 Å². The van der Waals surface area contributed by atoms with E-state index in [1.165, 1.54) is 0 Å². The lowest BCUT2D eigenvalue weighted by Crippen LogP contribution is -2.41. The Morgan fingerprint density at radius 3 is 2.41 bits per heavy atom. The van der Waals surface area contributed by atoms with Crippen LogP contribution in [0.1, 0.15) is 37.2 Å². The Balaban J connectivity index is 2.09. The van der Waals surface area contributed by atoms with E-state index in [-0.39, 0.29) is 5.91 Å². The number of likely N-dealkylation sites (tertiary alicyclic amines) is 1. The fourth-order valence-corrected chi connectivity index (χ4v) is 2.28. The molecule has 0 spiro atoms. The van der Waals surface area contributed by atoms with Crippen molar-refractivity contribution in [2.45, 2.75) is 26.7 Å². The number of carbonyl (C=O) groups is 1. The van der Waals surface area contributed by atoms with Crippen molar-refractivity contribution in [1.82, 2.24) is 9.47 Å². The van der Waals surface area contributed by atoms with Crippen LogP contribution in [0.25, 0.3) is 0 Å². The topological polar surface area (TPSA) is 51.3 Å². The number of nitrogens with two attached hydrogens (primary N) is 1. The summed E-state index contributed by atoms with van der Waals surface area (Å²) in [7, 11) is 1.86. The smallest absolute Gasteiger partial charge is 0.270 e. The predicted molar refractivity (Wildman–Crippen MR) is 68.7 cm³/mol. The van der Waals surface area contributed by atoms with Crippen molar-refractivity contribution >= 4 is 11.6 Å². The van der Waals surface area contributed by atoms with E-state index in [0.29, 0.717) is 16.8 Å². The summed E-state index contributed by atoms with van der Waals surface area (Å²) in [5, 5.41) is 0. The van der Waals surface area contributed by atoms with Crippen LogP contribution in [-0.4, -0.2) is 28.5 Å². The Bertz CT molecular complexity index is 424. The first-order valence-corrected chi connectivity index (χ1v) is 6.10. The van der Waals surface area contributed by atoms with Crippen LogP contribution < -0.4 is 5.73 Å². The summed E-state index contributed by atoms with van der Waals surface area (Å²) in [5.41, 5.74) is 7.39. The number of aryl methyl sites for hydroxylation is 1. The zero-order valence-electron chi connectivity index (χ0n) is 10.9. The summed E-state index contributed by atoms with van der Waals surface area (Å²) in [4.78, 5) is 14.2. The normalized spacial score (nSPS) is 19.4. The molecule has 0 radical (unpaired) electrons. The molecule has 4 nitrogen and oxygen atoms in total. The predicted octanol–water partition coefficient (Wildman–Crippen LogP) is 1.87. The van der Waals surface area contributed by atoms with Crippen molar-refractivity contribution < 1.29 is 4.79 Å². The van der Waals surface area contributed by atoms with Gasteiger partial charge >= 0.3 is 0 Å². The molecule has 2 N–H and O–H groups in total. The zero-order valence-corrected chi connectivity index (χ0v) is 10.9. The van der Waals surface area contributed by atoms with Gasteiger partial charge in [0, 0.05) is 26.3 Å². The van der Waals surface area contributed by atoms with Gasteiger partial charge in [0.1, 0.15) is 5.69 Å². The van der Waals surface area contributed by atoms with E-state index in [9.17, 15) is 4.79 Å². The van der Waals surface area contributed by atoms with Gasteiger partial charge in [-0.3, -0.25) is 4.79 Å². The standard InChI is InChI=1S/C13H21N3O/c1-13(2)4-6-16(7-5-13)12(17)11-8-10(14)9-15(11)3/h8-9H,4-7,14H2,1-3H3. The maximum absolute atomic E-state index is 12.3. The van der Waals surface area contributed by atoms with Crippen molar-refractivity contribution in [3.05, 3.63) is 18.0 Å². The van der Waals surface area contributed by atoms with Gasteiger partial charge in [-0.1, -0.05) is 13.8 Å². The van der Waals surface area contributed by atoms with Crippen molar-refractivity contribution in [3.8, 4) is 0 Å². The van der Waals surface area contributed by atoms with Gasteiger partial charge in [-0.2, -0.15) is 0 Å². The van der Waals surface area contributed by atoms with E-state index in [1.807, 2.05) is 11.9 Å². The molecule has 1 aromatic rings. The zero-order chi connectivity index (χ0) is 12.6. The first-order chi connectivity index (χ1) is 7.89. The molecule has 1 saturated heterocycles. The molecule has 2 heterocycles. The third kappa shape index (κ3) is 2.46. The van der Waals surface area contributed by atoms with E-state index in [1.54, 1.807) is 16.8 Å². The molecule has 0 saturated carbocycles. The average Bonchev–Trinajstić information content (AvgIpc) is 2.57. The van der Waals surface area contributed by atoms with E-state index >= 15 is 0 Å². The molecule has 0 atom stereocenters. The molecule has 1 aliphatic heterocycles. The van der Waals surface area contributed by atoms with Gasteiger partial charge in [0.15, 0.2) is 0 Å². The minimum Gasteiger partial charge on any atom is -0.397 e. The number of hydrogen-bond donors (Lipinski definition) is 1. The average molecular weight is 235 g/mol. The second-order valence-electron chi connectivity index (χ2n) is 5.73. The number of nitrogens with zero attached hydrogens (tertiary/aromatic N) is 2. The molecular weight excluding hydrogens is 214 g/mol. The molecule has 0 aliphatic carbocycles. The Hall–Kier alpha value is -1.45. The van der Waals surface area contributed by atoms with Crippen LogP contribution in [0, 0.1) is 5.41 Å². The van der Waals surface area contributed by atoms with Gasteiger partial charge in [-0.15, -0.1) is 0 Å². The fraction of sp³-hybridized carbons (Fsp3) is 0.615. The van der Waals surface area contributed by atoms with Crippen LogP contribution in [0.5, 0.6) is 0 Å². The summed E-state index contributed by atoms with van der Waals surface area (Å²) >= 11 is 0. The molecule has 0 aromatic carbocycles. The molecule has 1 aliphatic rings. The second-order valence-corrected chi connectivity index (χ2v) is 5.73. The molecule has 0 unspecified atom stereocenters.